The Morgan fingerprint density at radius 2 is 1.97 bits per heavy atom. The second-order valence-corrected chi connectivity index (χ2v) is 7.68. The summed E-state index contributed by atoms with van der Waals surface area (Å²) in [5.41, 5.74) is 2.02. The van der Waals surface area contributed by atoms with Crippen LogP contribution in [0.1, 0.15) is 28.9 Å². The number of hydrogen-bond acceptors (Lipinski definition) is 5. The molecule has 0 saturated carbocycles. The quantitative estimate of drug-likeness (QED) is 0.744. The highest BCUT2D eigenvalue weighted by atomic mass is 16.5. The molecule has 0 unspecified atom stereocenters. The smallest absolute Gasteiger partial charge is 0.258 e. The molecule has 2 aliphatic heterocycles. The van der Waals surface area contributed by atoms with Crippen LogP contribution in [0.3, 0.4) is 0 Å². The molecule has 6 heteroatoms. The van der Waals surface area contributed by atoms with Gasteiger partial charge in [0.25, 0.3) is 5.91 Å². The van der Waals surface area contributed by atoms with Crippen LogP contribution in [-0.2, 0) is 6.54 Å². The van der Waals surface area contributed by atoms with Gasteiger partial charge in [-0.3, -0.25) is 14.7 Å². The van der Waals surface area contributed by atoms with Crippen LogP contribution >= 0.6 is 0 Å². The van der Waals surface area contributed by atoms with Crippen LogP contribution in [0.25, 0.3) is 10.9 Å². The molecule has 1 aromatic heterocycles. The highest BCUT2D eigenvalue weighted by molar-refractivity contribution is 5.98. The van der Waals surface area contributed by atoms with E-state index in [1.165, 1.54) is 0 Å². The summed E-state index contributed by atoms with van der Waals surface area (Å²) in [6.07, 6.45) is 1.50. The van der Waals surface area contributed by atoms with Crippen LogP contribution in [-0.4, -0.2) is 41.7 Å². The van der Waals surface area contributed by atoms with Crippen molar-refractivity contribution in [2.45, 2.75) is 25.1 Å². The molecule has 0 aliphatic carbocycles. The van der Waals surface area contributed by atoms with Crippen molar-refractivity contribution in [2.24, 2.45) is 0 Å². The molecule has 6 nitrogen and oxygen atoms in total. The lowest BCUT2D eigenvalue weighted by atomic mass is 9.96. The average molecular weight is 389 g/mol. The molecule has 3 aromatic rings. The number of likely N-dealkylation sites (tertiary alicyclic amines) is 1. The van der Waals surface area contributed by atoms with Gasteiger partial charge in [-0.15, -0.1) is 0 Å². The van der Waals surface area contributed by atoms with Crippen molar-refractivity contribution in [3.63, 3.8) is 0 Å². The molecular formula is C23H23N3O3. The summed E-state index contributed by atoms with van der Waals surface area (Å²) in [5, 5.41) is 4.16. The van der Waals surface area contributed by atoms with Crippen molar-refractivity contribution in [1.82, 2.24) is 15.2 Å². The number of ether oxygens (including phenoxy) is 2. The third-order valence-corrected chi connectivity index (χ3v) is 5.78. The molecule has 0 bridgehead atoms. The standard InChI is InChI=1S/C23H23N3O3/c1-28-18-8-9-20-16(14-18)6-7-17(24-20)15-26-12-10-23(11-13-26)25-22(27)19-4-2-3-5-21(19)29-23/h2-9,14H,10-13,15H2,1H3,(H,25,27). The number of pyridine rings is 1. The zero-order chi connectivity index (χ0) is 19.8. The lowest BCUT2D eigenvalue weighted by molar-refractivity contribution is -0.0306. The number of methoxy groups -OCH3 is 1. The summed E-state index contributed by atoms with van der Waals surface area (Å²) in [6.45, 7) is 2.46. The van der Waals surface area contributed by atoms with E-state index >= 15 is 0 Å². The van der Waals surface area contributed by atoms with E-state index in [2.05, 4.69) is 22.3 Å². The molecule has 1 spiro atoms. The van der Waals surface area contributed by atoms with Gasteiger partial charge in [0.05, 0.1) is 23.9 Å². The predicted molar refractivity (Wildman–Crippen MR) is 110 cm³/mol. The first kappa shape index (κ1) is 17.9. The number of amides is 1. The first-order chi connectivity index (χ1) is 14.1. The summed E-state index contributed by atoms with van der Waals surface area (Å²) in [6, 6.07) is 17.5. The predicted octanol–water partition coefficient (Wildman–Crippen LogP) is 3.36. The number of rotatable bonds is 3. The van der Waals surface area contributed by atoms with Gasteiger partial charge in [-0.05, 0) is 36.4 Å². The Morgan fingerprint density at radius 3 is 2.79 bits per heavy atom. The minimum Gasteiger partial charge on any atom is -0.497 e. The summed E-state index contributed by atoms with van der Waals surface area (Å²) in [5.74, 6) is 1.47. The van der Waals surface area contributed by atoms with Crippen molar-refractivity contribution in [1.29, 1.82) is 0 Å². The molecule has 1 saturated heterocycles. The number of nitrogens with zero attached hydrogens (tertiary/aromatic N) is 2. The van der Waals surface area contributed by atoms with Gasteiger partial charge in [-0.1, -0.05) is 18.2 Å². The minimum atomic E-state index is -0.602. The van der Waals surface area contributed by atoms with Crippen LogP contribution in [0.15, 0.2) is 54.6 Å². The fraction of sp³-hybridized carbons (Fsp3) is 0.304. The minimum absolute atomic E-state index is 0.0491. The Balaban J connectivity index is 1.27. The molecule has 1 amide bonds. The highest BCUT2D eigenvalue weighted by Crippen LogP contribution is 2.33. The molecule has 0 radical (unpaired) electrons. The molecule has 2 aliphatic rings. The summed E-state index contributed by atoms with van der Waals surface area (Å²) in [4.78, 5) is 19.6. The Bertz CT molecular complexity index is 1070. The first-order valence-corrected chi connectivity index (χ1v) is 9.91. The van der Waals surface area contributed by atoms with E-state index in [9.17, 15) is 4.79 Å². The highest BCUT2D eigenvalue weighted by Gasteiger charge is 2.42. The monoisotopic (exact) mass is 389 g/mol. The Labute approximate surface area is 169 Å². The summed E-state index contributed by atoms with van der Waals surface area (Å²) >= 11 is 0. The molecular weight excluding hydrogens is 366 g/mol. The van der Waals surface area contributed by atoms with Crippen LogP contribution in [0.5, 0.6) is 11.5 Å². The lowest BCUT2D eigenvalue weighted by Gasteiger charge is -2.44. The Morgan fingerprint density at radius 1 is 1.14 bits per heavy atom. The SMILES string of the molecule is COc1ccc2nc(CN3CCC4(CC3)NC(=O)c3ccccc3O4)ccc2c1. The van der Waals surface area contributed by atoms with E-state index in [1.54, 1.807) is 13.2 Å². The second-order valence-electron chi connectivity index (χ2n) is 7.68. The number of para-hydroxylation sites is 1. The molecule has 1 N–H and O–H groups in total. The number of carbonyl (C=O) groups is 1. The number of hydrogen-bond donors (Lipinski definition) is 1. The number of fused-ring (bicyclic) bond motifs is 2. The van der Waals surface area contributed by atoms with E-state index in [1.807, 2.05) is 36.4 Å². The van der Waals surface area contributed by atoms with Crippen molar-refractivity contribution in [2.75, 3.05) is 20.2 Å². The van der Waals surface area contributed by atoms with Gasteiger partial charge in [0, 0.05) is 37.9 Å². The summed E-state index contributed by atoms with van der Waals surface area (Å²) in [7, 11) is 1.67. The topological polar surface area (TPSA) is 63.7 Å². The molecule has 148 valence electrons. The lowest BCUT2D eigenvalue weighted by Crippen LogP contribution is -2.60. The van der Waals surface area contributed by atoms with Crippen molar-refractivity contribution < 1.29 is 14.3 Å². The normalized spacial score (nSPS) is 18.2. The van der Waals surface area contributed by atoms with E-state index in [-0.39, 0.29) is 5.91 Å². The Hall–Kier alpha value is -3.12. The van der Waals surface area contributed by atoms with Crippen LogP contribution < -0.4 is 14.8 Å². The number of benzene rings is 2. The van der Waals surface area contributed by atoms with Crippen LogP contribution in [0.2, 0.25) is 0 Å². The van der Waals surface area contributed by atoms with Gasteiger partial charge >= 0.3 is 0 Å². The van der Waals surface area contributed by atoms with Crippen LogP contribution in [0, 0.1) is 0 Å². The number of carbonyl (C=O) groups excluding carboxylic acids is 1. The second kappa shape index (κ2) is 7.04. The van der Waals surface area contributed by atoms with E-state index < -0.39 is 5.72 Å². The number of aromatic nitrogens is 1. The van der Waals surface area contributed by atoms with Crippen molar-refractivity contribution in [3.8, 4) is 11.5 Å². The molecule has 3 heterocycles. The van der Waals surface area contributed by atoms with Gasteiger partial charge < -0.3 is 14.8 Å². The molecule has 2 aromatic carbocycles. The summed E-state index contributed by atoms with van der Waals surface area (Å²) < 4.78 is 11.5. The molecule has 1 fully saturated rings. The van der Waals surface area contributed by atoms with E-state index in [0.717, 1.165) is 54.8 Å². The largest absolute Gasteiger partial charge is 0.497 e. The average Bonchev–Trinajstić information content (AvgIpc) is 2.75. The molecule has 0 atom stereocenters. The first-order valence-electron chi connectivity index (χ1n) is 9.91. The van der Waals surface area contributed by atoms with Gasteiger partial charge in [0.1, 0.15) is 11.5 Å². The molecule has 5 rings (SSSR count). The third kappa shape index (κ3) is 3.40. The fourth-order valence-electron chi connectivity index (χ4n) is 4.14. The zero-order valence-electron chi connectivity index (χ0n) is 16.4. The number of nitrogens with one attached hydrogen (secondary N) is 1. The van der Waals surface area contributed by atoms with Crippen molar-refractivity contribution in [3.05, 3.63) is 65.9 Å². The fourth-order valence-corrected chi connectivity index (χ4v) is 4.14. The van der Waals surface area contributed by atoms with E-state index in [4.69, 9.17) is 14.5 Å². The zero-order valence-corrected chi connectivity index (χ0v) is 16.4. The van der Waals surface area contributed by atoms with Gasteiger partial charge in [-0.25, -0.2) is 0 Å². The number of piperidine rings is 1. The van der Waals surface area contributed by atoms with E-state index in [0.29, 0.717) is 11.3 Å². The maximum Gasteiger partial charge on any atom is 0.258 e. The van der Waals surface area contributed by atoms with Gasteiger partial charge in [-0.2, -0.15) is 0 Å². The molecule has 29 heavy (non-hydrogen) atoms. The van der Waals surface area contributed by atoms with Gasteiger partial charge in [0.2, 0.25) is 0 Å². The van der Waals surface area contributed by atoms with Gasteiger partial charge in [0.15, 0.2) is 5.72 Å². The maximum atomic E-state index is 12.5. The van der Waals surface area contributed by atoms with Crippen molar-refractivity contribution >= 4 is 16.8 Å². The van der Waals surface area contributed by atoms with Crippen LogP contribution in [0.4, 0.5) is 0 Å². The Kier molecular flexibility index (Phi) is 4.36. The maximum absolute atomic E-state index is 12.5. The third-order valence-electron chi connectivity index (χ3n) is 5.78.